The number of likely N-dealkylation sites (tertiary alicyclic amines) is 1. The molecule has 0 aliphatic carbocycles. The molecule has 2 atom stereocenters. The van der Waals surface area contributed by atoms with Crippen molar-refractivity contribution >= 4 is 0 Å². The Labute approximate surface area is 127 Å². The summed E-state index contributed by atoms with van der Waals surface area (Å²) in [4.78, 5) is 2.19. The molecule has 4 heteroatoms. The normalized spacial score (nSPS) is 29.8. The first-order chi connectivity index (χ1) is 10.1. The molecule has 2 aliphatic rings. The number of β-amino-alcohol motifs (C(OH)–C–C–N with tert-alkyl or cyclic N) is 1. The average molecular weight is 290 g/mol. The summed E-state index contributed by atoms with van der Waals surface area (Å²) in [6.45, 7) is 5.27. The first-order valence-electron chi connectivity index (χ1n) is 7.93. The highest BCUT2D eigenvalue weighted by Gasteiger charge is 2.35. The Bertz CT molecular complexity index is 506. The van der Waals surface area contributed by atoms with Gasteiger partial charge in [0.25, 0.3) is 0 Å². The van der Waals surface area contributed by atoms with Crippen molar-refractivity contribution in [2.45, 2.75) is 37.8 Å². The number of aryl methyl sites for hydroxylation is 1. The fourth-order valence-corrected chi connectivity index (χ4v) is 3.43. The molecular formula is C17H26N2O2. The van der Waals surface area contributed by atoms with Gasteiger partial charge in [-0.15, -0.1) is 0 Å². The Morgan fingerprint density at radius 2 is 2.33 bits per heavy atom. The van der Waals surface area contributed by atoms with Gasteiger partial charge in [0.15, 0.2) is 0 Å². The van der Waals surface area contributed by atoms with Crippen molar-refractivity contribution in [3.63, 3.8) is 0 Å². The van der Waals surface area contributed by atoms with Crippen molar-refractivity contribution in [1.29, 1.82) is 0 Å². The Morgan fingerprint density at radius 3 is 3.10 bits per heavy atom. The molecule has 1 aromatic rings. The fourth-order valence-electron chi connectivity index (χ4n) is 3.43. The van der Waals surface area contributed by atoms with Gasteiger partial charge in [-0.25, -0.2) is 0 Å². The molecule has 1 fully saturated rings. The molecule has 116 valence electrons. The molecule has 2 heterocycles. The first-order valence-corrected chi connectivity index (χ1v) is 7.93. The maximum atomic E-state index is 10.6. The first kappa shape index (κ1) is 14.8. The summed E-state index contributed by atoms with van der Waals surface area (Å²) in [5.74, 6) is 0.992. The zero-order valence-corrected chi connectivity index (χ0v) is 13.1. The number of benzene rings is 1. The van der Waals surface area contributed by atoms with Crippen molar-refractivity contribution in [2.24, 2.45) is 0 Å². The van der Waals surface area contributed by atoms with Crippen LogP contribution in [0.2, 0.25) is 0 Å². The van der Waals surface area contributed by atoms with Gasteiger partial charge in [-0.3, -0.25) is 0 Å². The number of aliphatic hydroxyl groups is 1. The molecule has 0 radical (unpaired) electrons. The standard InChI is InChI=1S/C17H26N2O2/c1-13-5-6-16-14(10-13)15(4-3-9-21-16)18-11-17(20)7-8-19(2)12-17/h5-6,10,15,18,20H,3-4,7-9,11-12H2,1-2H3/t15-,17-/m1/s1. The highest BCUT2D eigenvalue weighted by Crippen LogP contribution is 2.32. The van der Waals surface area contributed by atoms with E-state index in [1.54, 1.807) is 0 Å². The van der Waals surface area contributed by atoms with Crippen molar-refractivity contribution in [3.05, 3.63) is 29.3 Å². The lowest BCUT2D eigenvalue weighted by Gasteiger charge is -2.27. The fraction of sp³-hybridized carbons (Fsp3) is 0.647. The number of hydrogen-bond acceptors (Lipinski definition) is 4. The summed E-state index contributed by atoms with van der Waals surface area (Å²) in [5.41, 5.74) is 1.90. The largest absolute Gasteiger partial charge is 0.493 e. The van der Waals surface area contributed by atoms with Gasteiger partial charge in [-0.1, -0.05) is 17.7 Å². The van der Waals surface area contributed by atoms with Crippen LogP contribution in [-0.2, 0) is 0 Å². The van der Waals surface area contributed by atoms with Crippen LogP contribution in [0.25, 0.3) is 0 Å². The lowest BCUT2D eigenvalue weighted by atomic mass is 9.97. The Hall–Kier alpha value is -1.10. The summed E-state index contributed by atoms with van der Waals surface area (Å²) >= 11 is 0. The summed E-state index contributed by atoms with van der Waals surface area (Å²) in [6, 6.07) is 6.66. The minimum absolute atomic E-state index is 0.275. The van der Waals surface area contributed by atoms with Crippen LogP contribution in [0.1, 0.15) is 36.4 Å². The van der Waals surface area contributed by atoms with Gasteiger partial charge in [0, 0.05) is 31.2 Å². The molecule has 2 N–H and O–H groups in total. The number of nitrogens with one attached hydrogen (secondary N) is 1. The molecule has 0 unspecified atom stereocenters. The number of rotatable bonds is 3. The predicted molar refractivity (Wildman–Crippen MR) is 83.7 cm³/mol. The highest BCUT2D eigenvalue weighted by molar-refractivity contribution is 5.39. The van der Waals surface area contributed by atoms with Crippen LogP contribution in [0.4, 0.5) is 0 Å². The molecule has 4 nitrogen and oxygen atoms in total. The Kier molecular flexibility index (Phi) is 4.20. The number of hydrogen-bond donors (Lipinski definition) is 2. The van der Waals surface area contributed by atoms with E-state index in [2.05, 4.69) is 42.4 Å². The van der Waals surface area contributed by atoms with Gasteiger partial charge in [0.2, 0.25) is 0 Å². The zero-order chi connectivity index (χ0) is 14.9. The van der Waals surface area contributed by atoms with E-state index >= 15 is 0 Å². The summed E-state index contributed by atoms with van der Waals surface area (Å²) in [6.07, 6.45) is 2.95. The highest BCUT2D eigenvalue weighted by atomic mass is 16.5. The number of likely N-dealkylation sites (N-methyl/N-ethyl adjacent to an activating group) is 1. The van der Waals surface area contributed by atoms with Gasteiger partial charge in [-0.05, 0) is 39.3 Å². The molecule has 0 saturated carbocycles. The van der Waals surface area contributed by atoms with Gasteiger partial charge >= 0.3 is 0 Å². The Morgan fingerprint density at radius 1 is 1.48 bits per heavy atom. The van der Waals surface area contributed by atoms with E-state index in [1.165, 1.54) is 11.1 Å². The van der Waals surface area contributed by atoms with Crippen molar-refractivity contribution < 1.29 is 9.84 Å². The number of fused-ring (bicyclic) bond motifs is 1. The molecule has 1 aromatic carbocycles. The number of nitrogens with zero attached hydrogens (tertiary/aromatic N) is 1. The van der Waals surface area contributed by atoms with E-state index in [4.69, 9.17) is 4.74 Å². The number of ether oxygens (including phenoxy) is 1. The summed E-state index contributed by atoms with van der Waals surface area (Å²) < 4.78 is 5.84. The second kappa shape index (κ2) is 5.95. The molecule has 3 rings (SSSR count). The van der Waals surface area contributed by atoms with Crippen LogP contribution < -0.4 is 10.1 Å². The molecular weight excluding hydrogens is 264 g/mol. The molecule has 1 saturated heterocycles. The van der Waals surface area contributed by atoms with E-state index in [9.17, 15) is 5.11 Å². The summed E-state index contributed by atoms with van der Waals surface area (Å²) in [7, 11) is 2.07. The van der Waals surface area contributed by atoms with Gasteiger partial charge in [0.05, 0.1) is 12.2 Å². The van der Waals surface area contributed by atoms with Crippen LogP contribution in [0, 0.1) is 6.92 Å². The van der Waals surface area contributed by atoms with E-state index in [-0.39, 0.29) is 6.04 Å². The van der Waals surface area contributed by atoms with Gasteiger partial charge in [-0.2, -0.15) is 0 Å². The zero-order valence-electron chi connectivity index (χ0n) is 13.1. The van der Waals surface area contributed by atoms with Crippen LogP contribution in [0.5, 0.6) is 5.75 Å². The second-order valence-electron chi connectivity index (χ2n) is 6.68. The third-order valence-corrected chi connectivity index (χ3v) is 4.64. The maximum Gasteiger partial charge on any atom is 0.124 e. The van der Waals surface area contributed by atoms with E-state index in [0.29, 0.717) is 6.54 Å². The quantitative estimate of drug-likeness (QED) is 0.892. The lowest BCUT2D eigenvalue weighted by Crippen LogP contribution is -2.43. The van der Waals surface area contributed by atoms with Crippen LogP contribution in [-0.4, -0.2) is 48.9 Å². The molecule has 0 bridgehead atoms. The van der Waals surface area contributed by atoms with Gasteiger partial charge in [0.1, 0.15) is 5.75 Å². The minimum Gasteiger partial charge on any atom is -0.493 e. The minimum atomic E-state index is -0.591. The van der Waals surface area contributed by atoms with E-state index in [0.717, 1.165) is 44.7 Å². The Balaban J connectivity index is 1.72. The smallest absolute Gasteiger partial charge is 0.124 e. The van der Waals surface area contributed by atoms with Crippen molar-refractivity contribution in [2.75, 3.05) is 33.3 Å². The third kappa shape index (κ3) is 3.39. The van der Waals surface area contributed by atoms with Crippen LogP contribution in [0.3, 0.4) is 0 Å². The third-order valence-electron chi connectivity index (χ3n) is 4.64. The molecule has 0 spiro atoms. The van der Waals surface area contributed by atoms with Gasteiger partial charge < -0.3 is 20.1 Å². The SMILES string of the molecule is Cc1ccc2c(c1)[C@H](NC[C@]1(O)CCN(C)C1)CCCO2. The maximum absolute atomic E-state index is 10.6. The summed E-state index contributed by atoms with van der Waals surface area (Å²) in [5, 5.41) is 14.2. The van der Waals surface area contributed by atoms with E-state index < -0.39 is 5.60 Å². The monoisotopic (exact) mass is 290 g/mol. The van der Waals surface area contributed by atoms with Crippen LogP contribution >= 0.6 is 0 Å². The molecule has 2 aliphatic heterocycles. The molecule has 0 amide bonds. The molecule has 0 aromatic heterocycles. The topological polar surface area (TPSA) is 44.7 Å². The average Bonchev–Trinajstić information content (AvgIpc) is 2.68. The second-order valence-corrected chi connectivity index (χ2v) is 6.68. The van der Waals surface area contributed by atoms with Crippen LogP contribution in [0.15, 0.2) is 18.2 Å². The van der Waals surface area contributed by atoms with Crippen molar-refractivity contribution in [1.82, 2.24) is 10.2 Å². The predicted octanol–water partition coefficient (Wildman–Crippen LogP) is 1.86. The van der Waals surface area contributed by atoms with E-state index in [1.807, 2.05) is 0 Å². The van der Waals surface area contributed by atoms with Crippen molar-refractivity contribution in [3.8, 4) is 5.75 Å². The molecule has 21 heavy (non-hydrogen) atoms. The lowest BCUT2D eigenvalue weighted by molar-refractivity contribution is 0.0486.